The molecule has 3 N–H and O–H groups in total. The first-order chi connectivity index (χ1) is 13.8. The van der Waals surface area contributed by atoms with Gasteiger partial charge in [0.1, 0.15) is 0 Å². The van der Waals surface area contributed by atoms with E-state index >= 15 is 0 Å². The number of amides is 1. The van der Waals surface area contributed by atoms with E-state index in [4.69, 9.17) is 0 Å². The van der Waals surface area contributed by atoms with Crippen LogP contribution in [0.5, 0.6) is 0 Å². The highest BCUT2D eigenvalue weighted by molar-refractivity contribution is 7.09. The number of halogens is 3. The Bertz CT molecular complexity index is 818. The zero-order valence-electron chi connectivity index (χ0n) is 16.3. The van der Waals surface area contributed by atoms with Crippen LogP contribution in [0.2, 0.25) is 0 Å². The van der Waals surface area contributed by atoms with Crippen LogP contribution in [0.25, 0.3) is 0 Å². The summed E-state index contributed by atoms with van der Waals surface area (Å²) in [7, 11) is 0. The molecule has 1 aromatic heterocycles. The summed E-state index contributed by atoms with van der Waals surface area (Å²) < 4.78 is 37.8. The summed E-state index contributed by atoms with van der Waals surface area (Å²) in [5.74, 6) is 0.446. The summed E-state index contributed by atoms with van der Waals surface area (Å²) in [6.07, 6.45) is -4.04. The average molecular weight is 427 g/mol. The SMILES string of the molecule is CCNC(=O)c1ccc(CN=C(NCC)NCCc2nc(C(F)(F)F)cs2)cc1. The second-order valence-corrected chi connectivity index (χ2v) is 7.00. The Kier molecular flexibility index (Phi) is 8.44. The normalized spacial score (nSPS) is 12.0. The Morgan fingerprint density at radius 1 is 1.10 bits per heavy atom. The summed E-state index contributed by atoms with van der Waals surface area (Å²) in [6, 6.07) is 7.17. The van der Waals surface area contributed by atoms with Crippen LogP contribution in [0.1, 0.15) is 40.5 Å². The predicted molar refractivity (Wildman–Crippen MR) is 108 cm³/mol. The molecule has 0 saturated heterocycles. The Balaban J connectivity index is 1.89. The monoisotopic (exact) mass is 427 g/mol. The van der Waals surface area contributed by atoms with Gasteiger partial charge in [-0.2, -0.15) is 13.2 Å². The lowest BCUT2D eigenvalue weighted by Crippen LogP contribution is -2.38. The van der Waals surface area contributed by atoms with Gasteiger partial charge in [-0.1, -0.05) is 12.1 Å². The molecule has 6 nitrogen and oxygen atoms in total. The van der Waals surface area contributed by atoms with Crippen molar-refractivity contribution >= 4 is 23.2 Å². The molecule has 0 spiro atoms. The highest BCUT2D eigenvalue weighted by Crippen LogP contribution is 2.29. The van der Waals surface area contributed by atoms with E-state index in [2.05, 4.69) is 25.9 Å². The lowest BCUT2D eigenvalue weighted by Gasteiger charge is -2.11. The third-order valence-corrected chi connectivity index (χ3v) is 4.70. The molecule has 0 atom stereocenters. The molecule has 0 aliphatic carbocycles. The summed E-state index contributed by atoms with van der Waals surface area (Å²) in [6.45, 7) is 5.82. The van der Waals surface area contributed by atoms with E-state index in [0.29, 0.717) is 49.1 Å². The quantitative estimate of drug-likeness (QED) is 0.447. The summed E-state index contributed by atoms with van der Waals surface area (Å²) >= 11 is 0.995. The van der Waals surface area contributed by atoms with Crippen molar-refractivity contribution in [1.29, 1.82) is 0 Å². The number of aromatic nitrogens is 1. The van der Waals surface area contributed by atoms with Gasteiger partial charge in [0.15, 0.2) is 11.7 Å². The van der Waals surface area contributed by atoms with Crippen molar-refractivity contribution in [2.45, 2.75) is 33.0 Å². The van der Waals surface area contributed by atoms with Crippen LogP contribution < -0.4 is 16.0 Å². The zero-order chi connectivity index (χ0) is 21.3. The number of nitrogens with zero attached hydrogens (tertiary/aromatic N) is 2. The fourth-order valence-electron chi connectivity index (χ4n) is 2.38. The minimum Gasteiger partial charge on any atom is -0.357 e. The van der Waals surface area contributed by atoms with Crippen molar-refractivity contribution in [2.24, 2.45) is 4.99 Å². The molecule has 0 aliphatic rings. The molecule has 0 aliphatic heterocycles. The zero-order valence-corrected chi connectivity index (χ0v) is 17.1. The second kappa shape index (κ2) is 10.8. The van der Waals surface area contributed by atoms with Crippen LogP contribution in [-0.4, -0.2) is 36.5 Å². The van der Waals surface area contributed by atoms with E-state index < -0.39 is 11.9 Å². The van der Waals surface area contributed by atoms with Crippen molar-refractivity contribution in [3.8, 4) is 0 Å². The fourth-order valence-corrected chi connectivity index (χ4v) is 3.18. The Hall–Kier alpha value is -2.62. The van der Waals surface area contributed by atoms with Gasteiger partial charge in [0.05, 0.1) is 11.6 Å². The third kappa shape index (κ3) is 7.37. The summed E-state index contributed by atoms with van der Waals surface area (Å²) in [5, 5.41) is 10.4. The average Bonchev–Trinajstić information content (AvgIpc) is 3.16. The number of nitrogens with one attached hydrogen (secondary N) is 3. The molecule has 158 valence electrons. The molecule has 0 fully saturated rings. The van der Waals surface area contributed by atoms with Gasteiger partial charge in [-0.05, 0) is 31.5 Å². The summed E-state index contributed by atoms with van der Waals surface area (Å²) in [5.41, 5.74) is 0.672. The number of hydrogen-bond donors (Lipinski definition) is 3. The Morgan fingerprint density at radius 3 is 2.38 bits per heavy atom. The highest BCUT2D eigenvalue weighted by atomic mass is 32.1. The number of thiazole rings is 1. The van der Waals surface area contributed by atoms with Crippen LogP contribution in [-0.2, 0) is 19.1 Å². The number of hydrogen-bond acceptors (Lipinski definition) is 4. The molecule has 1 aromatic carbocycles. The van der Waals surface area contributed by atoms with Crippen LogP contribution in [0.3, 0.4) is 0 Å². The van der Waals surface area contributed by atoms with E-state index in [1.54, 1.807) is 12.1 Å². The van der Waals surface area contributed by atoms with Crippen LogP contribution in [0, 0.1) is 0 Å². The number of guanidine groups is 1. The molecular formula is C19H24F3N5OS. The first-order valence-corrected chi connectivity index (χ1v) is 10.1. The predicted octanol–water partition coefficient (Wildman–Crippen LogP) is 3.21. The number of benzene rings is 1. The smallest absolute Gasteiger partial charge is 0.357 e. The van der Waals surface area contributed by atoms with Crippen LogP contribution in [0.15, 0.2) is 34.6 Å². The minimum atomic E-state index is -4.41. The number of rotatable bonds is 8. The molecular weight excluding hydrogens is 403 g/mol. The molecule has 0 radical (unpaired) electrons. The largest absolute Gasteiger partial charge is 0.434 e. The van der Waals surface area contributed by atoms with Crippen molar-refractivity contribution in [3.63, 3.8) is 0 Å². The molecule has 0 unspecified atom stereocenters. The molecule has 0 bridgehead atoms. The van der Waals surface area contributed by atoms with Crippen LogP contribution >= 0.6 is 11.3 Å². The molecule has 2 aromatic rings. The van der Waals surface area contributed by atoms with E-state index in [-0.39, 0.29) is 5.91 Å². The maximum atomic E-state index is 12.6. The molecule has 1 heterocycles. The van der Waals surface area contributed by atoms with Gasteiger partial charge in [-0.25, -0.2) is 9.98 Å². The lowest BCUT2D eigenvalue weighted by atomic mass is 10.1. The number of aliphatic imine (C=N–C) groups is 1. The number of carbonyl (C=O) groups is 1. The van der Waals surface area contributed by atoms with E-state index in [9.17, 15) is 18.0 Å². The first-order valence-electron chi connectivity index (χ1n) is 9.24. The van der Waals surface area contributed by atoms with Gasteiger partial charge < -0.3 is 16.0 Å². The third-order valence-electron chi connectivity index (χ3n) is 3.79. The molecule has 2 rings (SSSR count). The number of alkyl halides is 3. The van der Waals surface area contributed by atoms with E-state index in [0.717, 1.165) is 22.3 Å². The fraction of sp³-hybridized carbons (Fsp3) is 0.421. The molecule has 29 heavy (non-hydrogen) atoms. The van der Waals surface area contributed by atoms with Gasteiger partial charge in [0.25, 0.3) is 5.91 Å². The van der Waals surface area contributed by atoms with Gasteiger partial charge >= 0.3 is 6.18 Å². The summed E-state index contributed by atoms with van der Waals surface area (Å²) in [4.78, 5) is 19.9. The van der Waals surface area contributed by atoms with Gasteiger partial charge in [0, 0.05) is 37.0 Å². The van der Waals surface area contributed by atoms with E-state index in [1.807, 2.05) is 26.0 Å². The maximum Gasteiger partial charge on any atom is 0.434 e. The van der Waals surface area contributed by atoms with Gasteiger partial charge in [0.2, 0.25) is 0 Å². The van der Waals surface area contributed by atoms with Gasteiger partial charge in [-0.3, -0.25) is 4.79 Å². The Morgan fingerprint density at radius 2 is 1.79 bits per heavy atom. The minimum absolute atomic E-state index is 0.117. The van der Waals surface area contributed by atoms with Crippen molar-refractivity contribution < 1.29 is 18.0 Å². The number of carbonyl (C=O) groups excluding carboxylic acids is 1. The Labute approximate surface area is 171 Å². The second-order valence-electron chi connectivity index (χ2n) is 6.05. The molecule has 0 saturated carbocycles. The van der Waals surface area contributed by atoms with E-state index in [1.165, 1.54) is 0 Å². The van der Waals surface area contributed by atoms with Crippen LogP contribution in [0.4, 0.5) is 13.2 Å². The lowest BCUT2D eigenvalue weighted by molar-refractivity contribution is -0.140. The molecule has 1 amide bonds. The van der Waals surface area contributed by atoms with Gasteiger partial charge in [-0.15, -0.1) is 11.3 Å². The maximum absolute atomic E-state index is 12.6. The topological polar surface area (TPSA) is 78.4 Å². The van der Waals surface area contributed by atoms with Crippen molar-refractivity contribution in [3.05, 3.63) is 51.5 Å². The standard InChI is InChI=1S/C19H24F3N5OS/c1-3-23-17(28)14-7-5-13(6-8-14)11-26-18(24-4-2)25-10-9-16-27-15(12-29-16)19(20,21)22/h5-8,12H,3-4,9-11H2,1-2H3,(H,23,28)(H2,24,25,26). The first kappa shape index (κ1) is 22.7. The van der Waals surface area contributed by atoms with Crippen molar-refractivity contribution in [1.82, 2.24) is 20.9 Å². The van der Waals surface area contributed by atoms with Crippen molar-refractivity contribution in [2.75, 3.05) is 19.6 Å². The highest BCUT2D eigenvalue weighted by Gasteiger charge is 2.33. The molecule has 10 heteroatoms.